The van der Waals surface area contributed by atoms with Crippen molar-refractivity contribution >= 4 is 27.5 Å². The number of benzene rings is 2. The first kappa shape index (κ1) is 27.4. The van der Waals surface area contributed by atoms with Crippen LogP contribution in [0.5, 0.6) is 0 Å². The molecular weight excluding hydrogens is 450 g/mol. The fraction of sp³-hybridized carbons (Fsp3) is 0.462. The maximum Gasteiger partial charge on any atom is 0.244 e. The second kappa shape index (κ2) is 12.6. The number of para-hydroxylation sites is 1. The summed E-state index contributed by atoms with van der Waals surface area (Å²) in [5.41, 5.74) is 3.23. The third-order valence-corrected chi connectivity index (χ3v) is 6.88. The Morgan fingerprint density at radius 1 is 1.06 bits per heavy atom. The van der Waals surface area contributed by atoms with Gasteiger partial charge in [-0.05, 0) is 43.9 Å². The Hall–Kier alpha value is -2.87. The molecule has 1 atom stereocenters. The molecule has 2 aromatic rings. The minimum Gasteiger partial charge on any atom is -0.354 e. The molecule has 34 heavy (non-hydrogen) atoms. The molecule has 0 aromatic heterocycles. The second-order valence-corrected chi connectivity index (χ2v) is 10.5. The molecule has 0 bridgehead atoms. The molecule has 0 heterocycles. The third-order valence-electron chi connectivity index (χ3n) is 5.75. The standard InChI is InChI=1S/C26H37N3O4S/c1-6-8-16-27-26(31)21(4)28(18-22-13-11-12-20(3)17-22)25(30)19-29(34(5,32)33)24-15-10-9-14-23(24)7-2/h9-15,17,21H,6-8,16,18-19H2,1-5H3,(H,27,31)/t21-/m1/s1. The summed E-state index contributed by atoms with van der Waals surface area (Å²) in [6.45, 7) is 7.98. The summed E-state index contributed by atoms with van der Waals surface area (Å²) >= 11 is 0. The van der Waals surface area contributed by atoms with Crippen molar-refractivity contribution in [3.05, 3.63) is 65.2 Å². The van der Waals surface area contributed by atoms with Crippen molar-refractivity contribution in [3.63, 3.8) is 0 Å². The number of nitrogens with one attached hydrogen (secondary N) is 1. The number of hydrogen-bond donors (Lipinski definition) is 1. The predicted molar refractivity (Wildman–Crippen MR) is 137 cm³/mol. The van der Waals surface area contributed by atoms with Crippen molar-refractivity contribution in [2.24, 2.45) is 0 Å². The van der Waals surface area contributed by atoms with Crippen molar-refractivity contribution in [1.82, 2.24) is 10.2 Å². The summed E-state index contributed by atoms with van der Waals surface area (Å²) in [5, 5.41) is 2.88. The molecule has 1 N–H and O–H groups in total. The maximum atomic E-state index is 13.6. The minimum atomic E-state index is -3.74. The van der Waals surface area contributed by atoms with Gasteiger partial charge in [-0.2, -0.15) is 0 Å². The van der Waals surface area contributed by atoms with Crippen LogP contribution < -0.4 is 9.62 Å². The number of unbranched alkanes of at least 4 members (excludes halogenated alkanes) is 1. The smallest absolute Gasteiger partial charge is 0.244 e. The Morgan fingerprint density at radius 2 is 1.76 bits per heavy atom. The lowest BCUT2D eigenvalue weighted by Gasteiger charge is -2.32. The fourth-order valence-corrected chi connectivity index (χ4v) is 4.65. The minimum absolute atomic E-state index is 0.204. The van der Waals surface area contributed by atoms with Gasteiger partial charge in [-0.3, -0.25) is 13.9 Å². The number of carbonyl (C=O) groups is 2. The highest BCUT2D eigenvalue weighted by molar-refractivity contribution is 7.92. The van der Waals surface area contributed by atoms with E-state index in [1.807, 2.05) is 57.2 Å². The van der Waals surface area contributed by atoms with Gasteiger partial charge in [0.1, 0.15) is 12.6 Å². The molecule has 0 fully saturated rings. The van der Waals surface area contributed by atoms with Crippen LogP contribution in [0.25, 0.3) is 0 Å². The Balaban J connectivity index is 2.38. The van der Waals surface area contributed by atoms with Gasteiger partial charge >= 0.3 is 0 Å². The highest BCUT2D eigenvalue weighted by atomic mass is 32.2. The van der Waals surface area contributed by atoms with E-state index in [-0.39, 0.29) is 19.0 Å². The molecule has 0 spiro atoms. The monoisotopic (exact) mass is 487 g/mol. The summed E-state index contributed by atoms with van der Waals surface area (Å²) in [6.07, 6.45) is 3.51. The quantitative estimate of drug-likeness (QED) is 0.463. The number of anilines is 1. The summed E-state index contributed by atoms with van der Waals surface area (Å²) in [4.78, 5) is 27.9. The van der Waals surface area contributed by atoms with Crippen molar-refractivity contribution in [3.8, 4) is 0 Å². The lowest BCUT2D eigenvalue weighted by molar-refractivity contribution is -0.139. The van der Waals surface area contributed by atoms with Crippen molar-refractivity contribution < 1.29 is 18.0 Å². The van der Waals surface area contributed by atoms with Crippen LogP contribution in [-0.4, -0.2) is 50.5 Å². The molecule has 0 aliphatic carbocycles. The van der Waals surface area contributed by atoms with E-state index in [0.29, 0.717) is 18.7 Å². The van der Waals surface area contributed by atoms with E-state index in [1.54, 1.807) is 19.1 Å². The normalized spacial score (nSPS) is 12.1. The summed E-state index contributed by atoms with van der Waals surface area (Å²) < 4.78 is 26.6. The van der Waals surface area contributed by atoms with Crippen LogP contribution in [0.1, 0.15) is 50.3 Å². The van der Waals surface area contributed by atoms with Gasteiger partial charge in [0.15, 0.2) is 0 Å². The average molecular weight is 488 g/mol. The molecule has 0 unspecified atom stereocenters. The van der Waals surface area contributed by atoms with Crippen LogP contribution in [0.2, 0.25) is 0 Å². The highest BCUT2D eigenvalue weighted by Gasteiger charge is 2.30. The summed E-state index contributed by atoms with van der Waals surface area (Å²) in [6, 6.07) is 14.1. The number of sulfonamides is 1. The number of rotatable bonds is 12. The number of hydrogen-bond acceptors (Lipinski definition) is 4. The molecule has 2 amide bonds. The predicted octanol–water partition coefficient (Wildman–Crippen LogP) is 3.66. The SMILES string of the molecule is CCCCNC(=O)[C@@H](C)N(Cc1cccc(C)c1)C(=O)CN(c1ccccc1CC)S(C)(=O)=O. The Bertz CT molecular complexity index is 1080. The first-order valence-corrected chi connectivity index (χ1v) is 13.6. The first-order valence-electron chi connectivity index (χ1n) is 11.8. The zero-order valence-corrected chi connectivity index (χ0v) is 21.7. The molecule has 0 aliphatic rings. The molecule has 7 nitrogen and oxygen atoms in total. The molecule has 0 radical (unpaired) electrons. The number of carbonyl (C=O) groups excluding carboxylic acids is 2. The van der Waals surface area contributed by atoms with Crippen molar-refractivity contribution in [1.29, 1.82) is 0 Å². The number of aryl methyl sites for hydroxylation is 2. The van der Waals surface area contributed by atoms with Crippen molar-refractivity contribution in [2.45, 2.75) is 59.5 Å². The van der Waals surface area contributed by atoms with Gasteiger partial charge in [0.2, 0.25) is 21.8 Å². The van der Waals surface area contributed by atoms with Gasteiger partial charge in [-0.25, -0.2) is 8.42 Å². The molecule has 8 heteroatoms. The van der Waals surface area contributed by atoms with Crippen LogP contribution in [-0.2, 0) is 32.6 Å². The number of nitrogens with zero attached hydrogens (tertiary/aromatic N) is 2. The van der Waals surface area contributed by atoms with E-state index >= 15 is 0 Å². The molecular formula is C26H37N3O4S. The molecule has 0 saturated carbocycles. The molecule has 0 aliphatic heterocycles. The van der Waals surface area contributed by atoms with Crippen molar-refractivity contribution in [2.75, 3.05) is 23.7 Å². The van der Waals surface area contributed by atoms with Crippen LogP contribution in [0.15, 0.2) is 48.5 Å². The molecule has 2 rings (SSSR count). The van der Waals surface area contributed by atoms with Gasteiger partial charge in [-0.1, -0.05) is 68.3 Å². The maximum absolute atomic E-state index is 13.6. The van der Waals surface area contributed by atoms with Gasteiger partial charge in [-0.15, -0.1) is 0 Å². The summed E-state index contributed by atoms with van der Waals surface area (Å²) in [5.74, 6) is -0.690. The molecule has 186 valence electrons. The van der Waals surface area contributed by atoms with E-state index in [4.69, 9.17) is 0 Å². The lowest BCUT2D eigenvalue weighted by atomic mass is 10.1. The van der Waals surface area contributed by atoms with E-state index in [0.717, 1.165) is 40.1 Å². The van der Waals surface area contributed by atoms with Crippen LogP contribution >= 0.6 is 0 Å². The van der Waals surface area contributed by atoms with Crippen LogP contribution in [0.4, 0.5) is 5.69 Å². The van der Waals surface area contributed by atoms with E-state index < -0.39 is 22.0 Å². The largest absolute Gasteiger partial charge is 0.354 e. The Kier molecular flexibility index (Phi) is 10.1. The van der Waals surface area contributed by atoms with Gasteiger partial charge in [0.05, 0.1) is 11.9 Å². The van der Waals surface area contributed by atoms with E-state index in [1.165, 1.54) is 4.90 Å². The van der Waals surface area contributed by atoms with Gasteiger partial charge in [0.25, 0.3) is 0 Å². The lowest BCUT2D eigenvalue weighted by Crippen LogP contribution is -2.51. The fourth-order valence-electron chi connectivity index (χ4n) is 3.77. The van der Waals surface area contributed by atoms with Crippen LogP contribution in [0.3, 0.4) is 0 Å². The summed E-state index contributed by atoms with van der Waals surface area (Å²) in [7, 11) is -3.74. The van der Waals surface area contributed by atoms with Crippen LogP contribution in [0, 0.1) is 6.92 Å². The first-order chi connectivity index (χ1) is 16.1. The molecule has 0 saturated heterocycles. The van der Waals surface area contributed by atoms with E-state index in [2.05, 4.69) is 5.32 Å². The second-order valence-electron chi connectivity index (χ2n) is 8.58. The topological polar surface area (TPSA) is 86.8 Å². The Labute approximate surface area is 204 Å². The third kappa shape index (κ3) is 7.58. The van der Waals surface area contributed by atoms with E-state index in [9.17, 15) is 18.0 Å². The zero-order valence-electron chi connectivity index (χ0n) is 20.9. The van der Waals surface area contributed by atoms with Gasteiger partial charge in [0, 0.05) is 13.1 Å². The Morgan fingerprint density at radius 3 is 2.38 bits per heavy atom. The van der Waals surface area contributed by atoms with Gasteiger partial charge < -0.3 is 10.2 Å². The molecule has 2 aromatic carbocycles. The average Bonchev–Trinajstić information content (AvgIpc) is 2.79. The highest BCUT2D eigenvalue weighted by Crippen LogP contribution is 2.24. The number of amides is 2. The zero-order chi connectivity index (χ0) is 25.3.